The second-order valence-corrected chi connectivity index (χ2v) is 4.83. The first-order valence-electron chi connectivity index (χ1n) is 5.58. The lowest BCUT2D eigenvalue weighted by Crippen LogP contribution is -2.08. The van der Waals surface area contributed by atoms with Gasteiger partial charge in [-0.15, -0.1) is 0 Å². The highest BCUT2D eigenvalue weighted by Crippen LogP contribution is 2.37. The zero-order valence-electron chi connectivity index (χ0n) is 9.70. The molecule has 0 bridgehead atoms. The molecule has 1 aromatic heterocycles. The van der Waals surface area contributed by atoms with E-state index in [1.165, 1.54) is 5.56 Å². The van der Waals surface area contributed by atoms with E-state index in [0.29, 0.717) is 5.15 Å². The molecule has 0 radical (unpaired) electrons. The molecule has 2 aromatic rings. The number of ether oxygens (including phenoxy) is 1. The van der Waals surface area contributed by atoms with Gasteiger partial charge in [-0.05, 0) is 48.2 Å². The summed E-state index contributed by atoms with van der Waals surface area (Å²) < 4.78 is 5.23. The maximum atomic E-state index is 6.11. The quantitative estimate of drug-likeness (QED) is 0.592. The Bertz CT molecular complexity index is 629. The average Bonchev–Trinajstić information content (AvgIpc) is 2.37. The number of hydrogen-bond acceptors (Lipinski definition) is 3. The maximum absolute atomic E-state index is 6.11. The fourth-order valence-electron chi connectivity index (χ4n) is 2.27. The summed E-state index contributed by atoms with van der Waals surface area (Å²) in [5, 5.41) is 0.633. The minimum absolute atomic E-state index is 0.183. The fraction of sp³-hybridized carbons (Fsp3) is 0.231. The molecule has 1 heterocycles. The van der Waals surface area contributed by atoms with E-state index in [4.69, 9.17) is 27.9 Å². The summed E-state index contributed by atoms with van der Waals surface area (Å²) in [4.78, 5) is 8.29. The lowest BCUT2D eigenvalue weighted by molar-refractivity contribution is 0.414. The number of benzene rings is 1. The van der Waals surface area contributed by atoms with Gasteiger partial charge in [0.1, 0.15) is 10.9 Å². The van der Waals surface area contributed by atoms with Gasteiger partial charge in [0.2, 0.25) is 5.28 Å². The molecule has 5 heteroatoms. The van der Waals surface area contributed by atoms with Crippen molar-refractivity contribution in [3.8, 4) is 17.0 Å². The minimum Gasteiger partial charge on any atom is -0.497 e. The summed E-state index contributed by atoms with van der Waals surface area (Å²) in [6.45, 7) is 0. The minimum atomic E-state index is 0.183. The van der Waals surface area contributed by atoms with Crippen molar-refractivity contribution in [3.05, 3.63) is 39.8 Å². The van der Waals surface area contributed by atoms with Crippen LogP contribution in [0.15, 0.2) is 18.2 Å². The van der Waals surface area contributed by atoms with Gasteiger partial charge >= 0.3 is 0 Å². The molecule has 3 nitrogen and oxygen atoms in total. The lowest BCUT2D eigenvalue weighted by Gasteiger charge is -2.20. The second kappa shape index (κ2) is 4.41. The molecule has 1 aliphatic carbocycles. The molecule has 0 N–H and O–H groups in total. The van der Waals surface area contributed by atoms with Gasteiger partial charge in [-0.1, -0.05) is 11.6 Å². The molecule has 0 aliphatic heterocycles. The lowest BCUT2D eigenvalue weighted by atomic mass is 9.90. The molecule has 1 aromatic carbocycles. The number of methoxy groups -OCH3 is 1. The van der Waals surface area contributed by atoms with E-state index in [1.54, 1.807) is 7.11 Å². The van der Waals surface area contributed by atoms with Crippen molar-refractivity contribution in [1.29, 1.82) is 0 Å². The van der Waals surface area contributed by atoms with Crippen LogP contribution >= 0.6 is 23.2 Å². The number of fused-ring (bicyclic) bond motifs is 3. The Hall–Kier alpha value is -1.32. The molecule has 0 unspecified atom stereocenters. The summed E-state index contributed by atoms with van der Waals surface area (Å²) in [5.41, 5.74) is 4.07. The molecule has 0 amide bonds. The van der Waals surface area contributed by atoms with E-state index in [1.807, 2.05) is 18.2 Å². The number of rotatable bonds is 1. The number of aryl methyl sites for hydroxylation is 1. The van der Waals surface area contributed by atoms with Crippen LogP contribution in [0.1, 0.15) is 11.1 Å². The van der Waals surface area contributed by atoms with Crippen molar-refractivity contribution in [2.75, 3.05) is 7.11 Å². The highest BCUT2D eigenvalue weighted by molar-refractivity contribution is 6.32. The summed E-state index contributed by atoms with van der Waals surface area (Å²) in [6.07, 6.45) is 1.73. The predicted molar refractivity (Wildman–Crippen MR) is 71.4 cm³/mol. The molecule has 0 fully saturated rings. The van der Waals surface area contributed by atoms with Crippen LogP contribution in [0, 0.1) is 0 Å². The van der Waals surface area contributed by atoms with Crippen molar-refractivity contribution in [1.82, 2.24) is 9.97 Å². The third-order valence-corrected chi connectivity index (χ3v) is 3.62. The van der Waals surface area contributed by atoms with Gasteiger partial charge in [-0.3, -0.25) is 0 Å². The van der Waals surface area contributed by atoms with Gasteiger partial charge in [0.05, 0.1) is 12.8 Å². The van der Waals surface area contributed by atoms with Crippen LogP contribution in [0.3, 0.4) is 0 Å². The van der Waals surface area contributed by atoms with Gasteiger partial charge < -0.3 is 4.74 Å². The Labute approximate surface area is 115 Å². The summed E-state index contributed by atoms with van der Waals surface area (Å²) in [5.74, 6) is 0.850. The fourth-order valence-corrected chi connectivity index (χ4v) is 2.75. The molecule has 1 aliphatic rings. The molecule has 0 saturated heterocycles. The van der Waals surface area contributed by atoms with Crippen LogP contribution in [0.25, 0.3) is 11.3 Å². The summed E-state index contributed by atoms with van der Waals surface area (Å²) in [7, 11) is 1.66. The van der Waals surface area contributed by atoms with Crippen LogP contribution in [-0.4, -0.2) is 17.1 Å². The number of nitrogens with zero attached hydrogens (tertiary/aromatic N) is 2. The largest absolute Gasteiger partial charge is 0.497 e. The van der Waals surface area contributed by atoms with Gasteiger partial charge in [0.25, 0.3) is 0 Å². The number of halogens is 2. The molecular formula is C13H10Cl2N2O. The van der Waals surface area contributed by atoms with Crippen LogP contribution in [0.2, 0.25) is 10.4 Å². The first kappa shape index (κ1) is 11.8. The van der Waals surface area contributed by atoms with Crippen molar-refractivity contribution in [2.24, 2.45) is 0 Å². The first-order chi connectivity index (χ1) is 8.69. The highest BCUT2D eigenvalue weighted by Gasteiger charge is 2.21. The molecule has 0 spiro atoms. The predicted octanol–water partition coefficient (Wildman–Crippen LogP) is 3.56. The van der Waals surface area contributed by atoms with E-state index in [2.05, 4.69) is 9.97 Å². The Kier molecular flexibility index (Phi) is 2.88. The molecular weight excluding hydrogens is 271 g/mol. The smallest absolute Gasteiger partial charge is 0.224 e. The van der Waals surface area contributed by atoms with Gasteiger partial charge in [-0.25, -0.2) is 9.97 Å². The van der Waals surface area contributed by atoms with Crippen LogP contribution < -0.4 is 4.74 Å². The van der Waals surface area contributed by atoms with E-state index in [-0.39, 0.29) is 5.28 Å². The maximum Gasteiger partial charge on any atom is 0.224 e. The third kappa shape index (κ3) is 1.84. The highest BCUT2D eigenvalue weighted by atomic mass is 35.5. The standard InChI is InChI=1S/C13H10Cl2N2O/c1-18-8-3-5-9-7(6-8)2-4-10-11(9)16-13(15)17-12(10)14/h3,5-6H,2,4H2,1H3. The van der Waals surface area contributed by atoms with Gasteiger partial charge in [0.15, 0.2) is 0 Å². The molecule has 92 valence electrons. The topological polar surface area (TPSA) is 35.0 Å². The summed E-state index contributed by atoms with van der Waals surface area (Å²) >= 11 is 12.0. The summed E-state index contributed by atoms with van der Waals surface area (Å²) in [6, 6.07) is 5.94. The van der Waals surface area contributed by atoms with Gasteiger partial charge in [0, 0.05) is 11.1 Å². The Morgan fingerprint density at radius 2 is 2.00 bits per heavy atom. The van der Waals surface area contributed by atoms with Crippen LogP contribution in [0.4, 0.5) is 0 Å². The van der Waals surface area contributed by atoms with Crippen molar-refractivity contribution < 1.29 is 4.74 Å². The first-order valence-corrected chi connectivity index (χ1v) is 6.34. The SMILES string of the molecule is COc1ccc2c(c1)CCc1c(Cl)nc(Cl)nc1-2. The third-order valence-electron chi connectivity index (χ3n) is 3.14. The average molecular weight is 281 g/mol. The van der Waals surface area contributed by atoms with E-state index < -0.39 is 0 Å². The zero-order valence-corrected chi connectivity index (χ0v) is 11.2. The second-order valence-electron chi connectivity index (χ2n) is 4.13. The molecule has 0 saturated carbocycles. The van der Waals surface area contributed by atoms with Crippen LogP contribution in [0.5, 0.6) is 5.75 Å². The van der Waals surface area contributed by atoms with E-state index in [9.17, 15) is 0 Å². The molecule has 3 rings (SSSR count). The van der Waals surface area contributed by atoms with E-state index in [0.717, 1.165) is 35.4 Å². The van der Waals surface area contributed by atoms with Crippen molar-refractivity contribution >= 4 is 23.2 Å². The zero-order chi connectivity index (χ0) is 12.7. The van der Waals surface area contributed by atoms with Crippen LogP contribution in [-0.2, 0) is 12.8 Å². The van der Waals surface area contributed by atoms with E-state index >= 15 is 0 Å². The Morgan fingerprint density at radius 3 is 2.78 bits per heavy atom. The monoisotopic (exact) mass is 280 g/mol. The Balaban J connectivity index is 2.22. The van der Waals surface area contributed by atoms with Gasteiger partial charge in [-0.2, -0.15) is 0 Å². The molecule has 0 atom stereocenters. The van der Waals surface area contributed by atoms with Crippen molar-refractivity contribution in [3.63, 3.8) is 0 Å². The number of aromatic nitrogens is 2. The molecule has 18 heavy (non-hydrogen) atoms. The normalized spacial score (nSPS) is 12.8. The number of hydrogen-bond donors (Lipinski definition) is 0. The Morgan fingerprint density at radius 1 is 1.17 bits per heavy atom. The van der Waals surface area contributed by atoms with Crippen molar-refractivity contribution in [2.45, 2.75) is 12.8 Å².